The second-order valence-electron chi connectivity index (χ2n) is 6.58. The number of nitrogens with one attached hydrogen (secondary N) is 1. The summed E-state index contributed by atoms with van der Waals surface area (Å²) in [7, 11) is -3.36. The molecule has 2 aromatic carbocycles. The lowest BCUT2D eigenvalue weighted by molar-refractivity contribution is 0.104. The first kappa shape index (κ1) is 20.5. The van der Waals surface area contributed by atoms with Crippen molar-refractivity contribution in [2.45, 2.75) is 18.4 Å². The molecule has 0 bridgehead atoms. The molecular formula is C21H22N2O3S2. The van der Waals surface area contributed by atoms with Gasteiger partial charge in [0.15, 0.2) is 9.84 Å². The van der Waals surface area contributed by atoms with Crippen molar-refractivity contribution in [2.24, 2.45) is 0 Å². The van der Waals surface area contributed by atoms with Crippen LogP contribution in [0, 0.1) is 11.3 Å². The van der Waals surface area contributed by atoms with Crippen LogP contribution in [0.1, 0.15) is 11.1 Å². The van der Waals surface area contributed by atoms with E-state index in [0.29, 0.717) is 6.61 Å². The van der Waals surface area contributed by atoms with E-state index in [9.17, 15) is 8.42 Å². The maximum absolute atomic E-state index is 12.7. The molecule has 28 heavy (non-hydrogen) atoms. The van der Waals surface area contributed by atoms with E-state index in [4.69, 9.17) is 10.00 Å². The first-order valence-corrected chi connectivity index (χ1v) is 11.6. The zero-order valence-electron chi connectivity index (χ0n) is 15.4. The number of nitrogens with zero attached hydrogens (tertiary/aromatic N) is 1. The highest BCUT2D eigenvalue weighted by molar-refractivity contribution is 7.90. The molecule has 7 heteroatoms. The van der Waals surface area contributed by atoms with E-state index in [0.717, 1.165) is 21.2 Å². The molecule has 0 aliphatic heterocycles. The molecular weight excluding hydrogens is 392 g/mol. The van der Waals surface area contributed by atoms with Crippen LogP contribution in [-0.4, -0.2) is 33.4 Å². The minimum absolute atomic E-state index is 0.0256. The van der Waals surface area contributed by atoms with Crippen molar-refractivity contribution in [2.75, 3.05) is 18.9 Å². The van der Waals surface area contributed by atoms with Crippen LogP contribution >= 0.6 is 11.3 Å². The lowest BCUT2D eigenvalue weighted by Gasteiger charge is -2.18. The molecule has 1 heterocycles. The Morgan fingerprint density at radius 3 is 2.71 bits per heavy atom. The van der Waals surface area contributed by atoms with Crippen LogP contribution in [0.5, 0.6) is 0 Å². The highest BCUT2D eigenvalue weighted by atomic mass is 32.2. The van der Waals surface area contributed by atoms with E-state index in [2.05, 4.69) is 5.32 Å². The van der Waals surface area contributed by atoms with Gasteiger partial charge in [-0.05, 0) is 40.1 Å². The maximum Gasteiger partial charge on any atom is 0.156 e. The summed E-state index contributed by atoms with van der Waals surface area (Å²) in [6, 6.07) is 19.0. The number of rotatable bonds is 10. The zero-order valence-corrected chi connectivity index (χ0v) is 17.0. The SMILES string of the molecule is N#CCNC(COCc1ccccc1)CS(=O)(=O)Cc1ccc2sccc2c1. The summed E-state index contributed by atoms with van der Waals surface area (Å²) in [5.41, 5.74) is 1.79. The fraction of sp³-hybridized carbons (Fsp3) is 0.286. The molecule has 0 fully saturated rings. The van der Waals surface area contributed by atoms with Crippen LogP contribution in [0.25, 0.3) is 10.1 Å². The van der Waals surface area contributed by atoms with Gasteiger partial charge in [-0.3, -0.25) is 5.32 Å². The lowest BCUT2D eigenvalue weighted by atomic mass is 10.2. The summed E-state index contributed by atoms with van der Waals surface area (Å²) in [6.45, 7) is 0.704. The molecule has 1 N–H and O–H groups in total. The largest absolute Gasteiger partial charge is 0.375 e. The van der Waals surface area contributed by atoms with Crippen molar-refractivity contribution < 1.29 is 13.2 Å². The van der Waals surface area contributed by atoms with Gasteiger partial charge in [0.2, 0.25) is 0 Å². The molecule has 0 radical (unpaired) electrons. The monoisotopic (exact) mass is 414 g/mol. The highest BCUT2D eigenvalue weighted by Crippen LogP contribution is 2.22. The quantitative estimate of drug-likeness (QED) is 0.514. The van der Waals surface area contributed by atoms with Gasteiger partial charge in [0, 0.05) is 10.7 Å². The van der Waals surface area contributed by atoms with Crippen LogP contribution in [-0.2, 0) is 26.9 Å². The first-order valence-electron chi connectivity index (χ1n) is 8.94. The molecule has 0 saturated carbocycles. The standard InChI is InChI=1S/C21H22N2O3S2/c22-9-10-23-20(14-26-13-17-4-2-1-3-5-17)16-28(24,25)15-18-6-7-21-19(12-18)8-11-27-21/h1-8,11-12,20,23H,10,13-16H2. The minimum atomic E-state index is -3.36. The average molecular weight is 415 g/mol. The molecule has 146 valence electrons. The molecule has 1 unspecified atom stereocenters. The van der Waals surface area contributed by atoms with Crippen LogP contribution in [0.4, 0.5) is 0 Å². The topological polar surface area (TPSA) is 79.2 Å². The molecule has 3 aromatic rings. The molecule has 0 aliphatic carbocycles. The average Bonchev–Trinajstić information content (AvgIpc) is 3.14. The first-order chi connectivity index (χ1) is 13.6. The van der Waals surface area contributed by atoms with Gasteiger partial charge < -0.3 is 4.74 Å². The Kier molecular flexibility index (Phi) is 7.18. The summed E-state index contributed by atoms with van der Waals surface area (Å²) in [5, 5.41) is 14.8. The minimum Gasteiger partial charge on any atom is -0.375 e. The lowest BCUT2D eigenvalue weighted by Crippen LogP contribution is -2.40. The summed E-state index contributed by atoms with van der Waals surface area (Å²) >= 11 is 1.63. The number of hydrogen-bond acceptors (Lipinski definition) is 6. The Morgan fingerprint density at radius 1 is 1.11 bits per heavy atom. The number of benzene rings is 2. The highest BCUT2D eigenvalue weighted by Gasteiger charge is 2.20. The summed E-state index contributed by atoms with van der Waals surface area (Å²) in [6.07, 6.45) is 0. The fourth-order valence-corrected chi connectivity index (χ4v) is 5.38. The van der Waals surface area contributed by atoms with E-state index >= 15 is 0 Å². The number of fused-ring (bicyclic) bond motifs is 1. The number of hydrogen-bond donors (Lipinski definition) is 1. The van der Waals surface area contributed by atoms with Gasteiger partial charge in [0.1, 0.15) is 0 Å². The van der Waals surface area contributed by atoms with Crippen molar-refractivity contribution >= 4 is 31.3 Å². The summed E-state index contributed by atoms with van der Waals surface area (Å²) in [5.74, 6) is -0.104. The molecule has 1 atom stereocenters. The van der Waals surface area contributed by atoms with E-state index in [1.54, 1.807) is 11.3 Å². The molecule has 0 saturated heterocycles. The third-order valence-electron chi connectivity index (χ3n) is 4.26. The second-order valence-corrected chi connectivity index (χ2v) is 9.64. The van der Waals surface area contributed by atoms with E-state index < -0.39 is 15.9 Å². The van der Waals surface area contributed by atoms with Crippen LogP contribution in [0.15, 0.2) is 60.0 Å². The van der Waals surface area contributed by atoms with Gasteiger partial charge in [0.05, 0.1) is 37.3 Å². The van der Waals surface area contributed by atoms with Gasteiger partial charge in [-0.25, -0.2) is 8.42 Å². The smallest absolute Gasteiger partial charge is 0.156 e. The third kappa shape index (κ3) is 6.14. The molecule has 0 spiro atoms. The molecule has 1 aromatic heterocycles. The summed E-state index contributed by atoms with van der Waals surface area (Å²) in [4.78, 5) is 0. The van der Waals surface area contributed by atoms with Gasteiger partial charge in [-0.1, -0.05) is 36.4 Å². The molecule has 0 amide bonds. The van der Waals surface area contributed by atoms with Gasteiger partial charge in [0.25, 0.3) is 0 Å². The summed E-state index contributed by atoms with van der Waals surface area (Å²) < 4.78 is 32.2. The van der Waals surface area contributed by atoms with Crippen molar-refractivity contribution in [3.05, 3.63) is 71.1 Å². The van der Waals surface area contributed by atoms with E-state index in [1.807, 2.05) is 66.0 Å². The Hall–Kier alpha value is -2.24. The molecule has 0 aliphatic rings. The number of ether oxygens (including phenoxy) is 1. The van der Waals surface area contributed by atoms with Crippen molar-refractivity contribution in [3.8, 4) is 6.07 Å². The number of thiophene rings is 1. The number of sulfone groups is 1. The third-order valence-corrected chi connectivity index (χ3v) is 6.84. The molecule has 3 rings (SSSR count). The van der Waals surface area contributed by atoms with Crippen molar-refractivity contribution in [1.82, 2.24) is 5.32 Å². The van der Waals surface area contributed by atoms with Crippen LogP contribution in [0.3, 0.4) is 0 Å². The van der Waals surface area contributed by atoms with E-state index in [-0.39, 0.29) is 24.7 Å². The van der Waals surface area contributed by atoms with Crippen LogP contribution < -0.4 is 5.32 Å². The fourth-order valence-electron chi connectivity index (χ4n) is 2.97. The van der Waals surface area contributed by atoms with Gasteiger partial charge >= 0.3 is 0 Å². The predicted molar refractivity (Wildman–Crippen MR) is 113 cm³/mol. The van der Waals surface area contributed by atoms with Gasteiger partial charge in [-0.2, -0.15) is 5.26 Å². The Labute approximate surface area is 169 Å². The second kappa shape index (κ2) is 9.80. The molecule has 5 nitrogen and oxygen atoms in total. The van der Waals surface area contributed by atoms with Crippen LogP contribution in [0.2, 0.25) is 0 Å². The predicted octanol–water partition coefficient (Wildman–Crippen LogP) is 3.51. The Morgan fingerprint density at radius 2 is 1.93 bits per heavy atom. The zero-order chi connectivity index (χ0) is 19.8. The maximum atomic E-state index is 12.7. The number of nitriles is 1. The normalized spacial score (nSPS) is 12.7. The Balaban J connectivity index is 1.60. The van der Waals surface area contributed by atoms with Crippen molar-refractivity contribution in [1.29, 1.82) is 5.26 Å². The Bertz CT molecular complexity index is 1040. The van der Waals surface area contributed by atoms with Gasteiger partial charge in [-0.15, -0.1) is 11.3 Å². The van der Waals surface area contributed by atoms with Crippen molar-refractivity contribution in [3.63, 3.8) is 0 Å². The van der Waals surface area contributed by atoms with E-state index in [1.165, 1.54) is 0 Å².